The van der Waals surface area contributed by atoms with E-state index in [0.29, 0.717) is 12.8 Å². The van der Waals surface area contributed by atoms with Gasteiger partial charge in [0.25, 0.3) is 5.91 Å². The van der Waals surface area contributed by atoms with Crippen LogP contribution in [0.15, 0.2) is 18.2 Å². The molecule has 2 N–H and O–H groups in total. The number of hydrogen-bond donors (Lipinski definition) is 2. The number of alkyl halides is 3. The maximum absolute atomic E-state index is 12.1. The van der Waals surface area contributed by atoms with Crippen LogP contribution < -0.4 is 10.1 Å². The van der Waals surface area contributed by atoms with Crippen LogP contribution in [-0.4, -0.2) is 40.9 Å². The number of nitrogens with one attached hydrogen (secondary N) is 1. The van der Waals surface area contributed by atoms with Crippen LogP contribution >= 0.6 is 0 Å². The first-order valence-electron chi connectivity index (χ1n) is 6.79. The van der Waals surface area contributed by atoms with E-state index in [0.717, 1.165) is 0 Å². The summed E-state index contributed by atoms with van der Waals surface area (Å²) < 4.78 is 40.8. The molecule has 0 bridgehead atoms. The Labute approximate surface area is 126 Å². The minimum absolute atomic E-state index is 0.0442. The number of pyridine rings is 1. The van der Waals surface area contributed by atoms with Crippen LogP contribution in [0, 0.1) is 0 Å². The minimum atomic E-state index is -4.47. The molecule has 1 rings (SSSR count). The van der Waals surface area contributed by atoms with Gasteiger partial charge in [-0.05, 0) is 25.8 Å². The van der Waals surface area contributed by atoms with Crippen molar-refractivity contribution >= 4 is 5.91 Å². The van der Waals surface area contributed by atoms with Gasteiger partial charge in [0.05, 0.1) is 0 Å². The molecule has 5 nitrogen and oxygen atoms in total. The summed E-state index contributed by atoms with van der Waals surface area (Å²) in [4.78, 5) is 15.9. The number of aliphatic hydroxyl groups is 1. The monoisotopic (exact) mass is 320 g/mol. The molecule has 1 unspecified atom stereocenters. The number of carbonyl (C=O) groups excluding carboxylic acids is 1. The van der Waals surface area contributed by atoms with E-state index >= 15 is 0 Å². The smallest absolute Gasteiger partial charge is 0.422 e. The number of aliphatic hydroxyl groups excluding tert-OH is 1. The van der Waals surface area contributed by atoms with Crippen LogP contribution in [0.5, 0.6) is 5.88 Å². The predicted molar refractivity (Wildman–Crippen MR) is 73.7 cm³/mol. The summed E-state index contributed by atoms with van der Waals surface area (Å²) in [5.74, 6) is -0.805. The summed E-state index contributed by atoms with van der Waals surface area (Å²) in [5.41, 5.74) is -0.659. The Morgan fingerprint density at radius 2 is 2.09 bits per heavy atom. The zero-order valence-corrected chi connectivity index (χ0v) is 12.4. The summed E-state index contributed by atoms with van der Waals surface area (Å²) in [6, 6.07) is 4.02. The summed E-state index contributed by atoms with van der Waals surface area (Å²) in [6.07, 6.45) is -3.52. The fourth-order valence-corrected chi connectivity index (χ4v) is 1.69. The Hall–Kier alpha value is -1.83. The van der Waals surface area contributed by atoms with Gasteiger partial charge in [0, 0.05) is 18.2 Å². The second-order valence-electron chi connectivity index (χ2n) is 5.11. The first kappa shape index (κ1) is 18.2. The Morgan fingerprint density at radius 1 is 1.41 bits per heavy atom. The summed E-state index contributed by atoms with van der Waals surface area (Å²) in [5, 5.41) is 11.7. The maximum atomic E-state index is 12.1. The lowest BCUT2D eigenvalue weighted by atomic mass is 9.94. The fourth-order valence-electron chi connectivity index (χ4n) is 1.69. The van der Waals surface area contributed by atoms with Crippen LogP contribution in [0.3, 0.4) is 0 Å². The number of hydrogen-bond acceptors (Lipinski definition) is 4. The third-order valence-electron chi connectivity index (χ3n) is 3.20. The molecule has 1 aromatic rings. The van der Waals surface area contributed by atoms with Gasteiger partial charge >= 0.3 is 6.18 Å². The Bertz CT molecular complexity index is 508. The number of carbonyl (C=O) groups is 1. The van der Waals surface area contributed by atoms with Crippen LogP contribution in [0.25, 0.3) is 0 Å². The van der Waals surface area contributed by atoms with Gasteiger partial charge in [0.15, 0.2) is 6.61 Å². The van der Waals surface area contributed by atoms with Crippen molar-refractivity contribution in [3.05, 3.63) is 23.9 Å². The summed E-state index contributed by atoms with van der Waals surface area (Å²) in [6.45, 7) is 2.06. The van der Waals surface area contributed by atoms with Gasteiger partial charge in [-0.1, -0.05) is 13.0 Å². The molecule has 0 spiro atoms. The highest BCUT2D eigenvalue weighted by Crippen LogP contribution is 2.18. The van der Waals surface area contributed by atoms with Crippen molar-refractivity contribution in [2.45, 2.75) is 38.4 Å². The number of halogens is 3. The standard InChI is InChI=1S/C14H19F3N2O3/c1-3-13(2,7-8-20)19-12(21)10-5-4-6-11(18-10)22-9-14(15,16)17/h4-6,20H,3,7-9H2,1-2H3,(H,19,21). The topological polar surface area (TPSA) is 71.5 Å². The number of nitrogens with zero attached hydrogens (tertiary/aromatic N) is 1. The van der Waals surface area contributed by atoms with Crippen molar-refractivity contribution in [3.63, 3.8) is 0 Å². The molecular formula is C14H19F3N2O3. The van der Waals surface area contributed by atoms with Crippen molar-refractivity contribution in [3.8, 4) is 5.88 Å². The molecule has 1 amide bonds. The van der Waals surface area contributed by atoms with Crippen molar-refractivity contribution in [2.75, 3.05) is 13.2 Å². The van der Waals surface area contributed by atoms with E-state index in [2.05, 4.69) is 15.0 Å². The van der Waals surface area contributed by atoms with E-state index < -0.39 is 24.2 Å². The lowest BCUT2D eigenvalue weighted by molar-refractivity contribution is -0.154. The first-order chi connectivity index (χ1) is 10.2. The molecule has 0 saturated heterocycles. The highest BCUT2D eigenvalue weighted by molar-refractivity contribution is 5.92. The quantitative estimate of drug-likeness (QED) is 0.809. The molecule has 8 heteroatoms. The lowest BCUT2D eigenvalue weighted by Crippen LogP contribution is -2.46. The first-order valence-corrected chi connectivity index (χ1v) is 6.79. The van der Waals surface area contributed by atoms with E-state index in [9.17, 15) is 18.0 Å². The lowest BCUT2D eigenvalue weighted by Gasteiger charge is -2.28. The highest BCUT2D eigenvalue weighted by atomic mass is 19.4. The average molecular weight is 320 g/mol. The second-order valence-corrected chi connectivity index (χ2v) is 5.11. The molecule has 0 radical (unpaired) electrons. The van der Waals surface area contributed by atoms with Gasteiger partial charge in [-0.2, -0.15) is 13.2 Å². The van der Waals surface area contributed by atoms with Crippen molar-refractivity contribution in [1.82, 2.24) is 10.3 Å². The zero-order valence-electron chi connectivity index (χ0n) is 12.4. The number of amides is 1. The Balaban J connectivity index is 2.78. The molecule has 0 aliphatic heterocycles. The van der Waals surface area contributed by atoms with Crippen LogP contribution in [-0.2, 0) is 0 Å². The average Bonchev–Trinajstić information content (AvgIpc) is 2.45. The third-order valence-corrected chi connectivity index (χ3v) is 3.20. The molecular weight excluding hydrogens is 301 g/mol. The van der Waals surface area contributed by atoms with E-state index in [1.165, 1.54) is 18.2 Å². The zero-order chi connectivity index (χ0) is 16.8. The van der Waals surface area contributed by atoms with E-state index in [4.69, 9.17) is 5.11 Å². The van der Waals surface area contributed by atoms with Crippen molar-refractivity contribution in [2.24, 2.45) is 0 Å². The van der Waals surface area contributed by atoms with Crippen LogP contribution in [0.1, 0.15) is 37.2 Å². The third kappa shape index (κ3) is 5.88. The molecule has 124 valence electrons. The SMILES string of the molecule is CCC(C)(CCO)NC(=O)c1cccc(OCC(F)(F)F)n1. The molecule has 1 aromatic heterocycles. The van der Waals surface area contributed by atoms with Gasteiger partial charge in [0.2, 0.25) is 5.88 Å². The van der Waals surface area contributed by atoms with Gasteiger partial charge in [0.1, 0.15) is 5.69 Å². The maximum Gasteiger partial charge on any atom is 0.422 e. The normalized spacial score (nSPS) is 14.3. The van der Waals surface area contributed by atoms with Gasteiger partial charge in [-0.25, -0.2) is 4.98 Å². The van der Waals surface area contributed by atoms with Gasteiger partial charge in [-0.15, -0.1) is 0 Å². The number of ether oxygens (including phenoxy) is 1. The fraction of sp³-hybridized carbons (Fsp3) is 0.571. The molecule has 22 heavy (non-hydrogen) atoms. The molecule has 1 heterocycles. The largest absolute Gasteiger partial charge is 0.468 e. The minimum Gasteiger partial charge on any atom is -0.468 e. The number of aromatic nitrogens is 1. The van der Waals surface area contributed by atoms with Crippen LogP contribution in [0.4, 0.5) is 13.2 Å². The van der Waals surface area contributed by atoms with E-state index in [1.54, 1.807) is 6.92 Å². The Kier molecular flexibility index (Phi) is 6.16. The Morgan fingerprint density at radius 3 is 2.64 bits per heavy atom. The van der Waals surface area contributed by atoms with Gasteiger partial charge < -0.3 is 15.2 Å². The van der Waals surface area contributed by atoms with Crippen molar-refractivity contribution in [1.29, 1.82) is 0 Å². The van der Waals surface area contributed by atoms with E-state index in [-0.39, 0.29) is 18.2 Å². The van der Waals surface area contributed by atoms with Gasteiger partial charge in [-0.3, -0.25) is 4.79 Å². The summed E-state index contributed by atoms with van der Waals surface area (Å²) >= 11 is 0. The molecule has 1 atom stereocenters. The summed E-state index contributed by atoms with van der Waals surface area (Å²) in [7, 11) is 0. The molecule has 0 fully saturated rings. The van der Waals surface area contributed by atoms with Crippen molar-refractivity contribution < 1.29 is 27.8 Å². The highest BCUT2D eigenvalue weighted by Gasteiger charge is 2.29. The van der Waals surface area contributed by atoms with Crippen LogP contribution in [0.2, 0.25) is 0 Å². The predicted octanol–water partition coefficient (Wildman–Crippen LogP) is 2.30. The molecule has 0 saturated carbocycles. The number of rotatable bonds is 7. The molecule has 0 aliphatic rings. The van der Waals surface area contributed by atoms with E-state index in [1.807, 2.05) is 6.92 Å². The molecule has 0 aliphatic carbocycles. The second kappa shape index (κ2) is 7.44. The molecule has 0 aromatic carbocycles.